The summed E-state index contributed by atoms with van der Waals surface area (Å²) in [7, 11) is 0. The molecule has 3 rings (SSSR count). The molecule has 0 radical (unpaired) electrons. The van der Waals surface area contributed by atoms with Crippen LogP contribution in [0, 0.1) is 0 Å². The van der Waals surface area contributed by atoms with Gasteiger partial charge in [0.05, 0.1) is 13.2 Å². The number of nitrogens with zero attached hydrogens (tertiary/aromatic N) is 1. The molecule has 1 heterocycles. The second kappa shape index (κ2) is 10.1. The highest BCUT2D eigenvalue weighted by atomic mass is 16.5. The Kier molecular flexibility index (Phi) is 7.25. The van der Waals surface area contributed by atoms with E-state index in [0.29, 0.717) is 5.75 Å². The fraction of sp³-hybridized carbons (Fsp3) is 0.409. The molecule has 2 aromatic carbocycles. The van der Waals surface area contributed by atoms with Crippen molar-refractivity contribution in [2.45, 2.75) is 26.3 Å². The van der Waals surface area contributed by atoms with Gasteiger partial charge in [0.2, 0.25) is 0 Å². The van der Waals surface area contributed by atoms with E-state index in [-0.39, 0.29) is 12.5 Å². The minimum absolute atomic E-state index is 0.00263. The summed E-state index contributed by atoms with van der Waals surface area (Å²) in [6, 6.07) is 15.9. The number of hydrogen-bond acceptors (Lipinski definition) is 4. The number of hydrogen-bond donors (Lipinski definition) is 1. The average molecular weight is 368 g/mol. The van der Waals surface area contributed by atoms with Crippen molar-refractivity contribution in [3.63, 3.8) is 0 Å². The number of carbonyl (C=O) groups excluding carboxylic acids is 1. The third-order valence-corrected chi connectivity index (χ3v) is 4.58. The Morgan fingerprint density at radius 2 is 1.70 bits per heavy atom. The van der Waals surface area contributed by atoms with Crippen LogP contribution in [-0.4, -0.2) is 43.7 Å². The van der Waals surface area contributed by atoms with Crippen LogP contribution in [0.15, 0.2) is 48.5 Å². The van der Waals surface area contributed by atoms with Crippen molar-refractivity contribution in [2.24, 2.45) is 0 Å². The Balaban J connectivity index is 1.43. The first kappa shape index (κ1) is 19.4. The van der Waals surface area contributed by atoms with E-state index < -0.39 is 0 Å². The van der Waals surface area contributed by atoms with Gasteiger partial charge in [0.15, 0.2) is 6.61 Å². The van der Waals surface area contributed by atoms with Gasteiger partial charge in [-0.3, -0.25) is 9.69 Å². The lowest BCUT2D eigenvalue weighted by atomic mass is 10.1. The molecule has 0 spiro atoms. The minimum atomic E-state index is -0.159. The van der Waals surface area contributed by atoms with Gasteiger partial charge in [0, 0.05) is 25.3 Å². The molecule has 27 heavy (non-hydrogen) atoms. The van der Waals surface area contributed by atoms with Gasteiger partial charge in [0.1, 0.15) is 5.75 Å². The Morgan fingerprint density at radius 1 is 1.04 bits per heavy atom. The summed E-state index contributed by atoms with van der Waals surface area (Å²) in [5.74, 6) is 0.555. The lowest BCUT2D eigenvalue weighted by Crippen LogP contribution is -2.35. The van der Waals surface area contributed by atoms with Gasteiger partial charge in [-0.2, -0.15) is 0 Å². The van der Waals surface area contributed by atoms with Crippen LogP contribution in [0.5, 0.6) is 5.75 Å². The predicted octanol–water partition coefficient (Wildman–Crippen LogP) is 3.49. The average Bonchev–Trinajstić information content (AvgIpc) is 2.70. The first-order chi connectivity index (χ1) is 13.2. The van der Waals surface area contributed by atoms with Gasteiger partial charge in [-0.05, 0) is 41.8 Å². The third-order valence-electron chi connectivity index (χ3n) is 4.58. The van der Waals surface area contributed by atoms with Gasteiger partial charge in [0.25, 0.3) is 5.91 Å². The number of rotatable bonds is 8. The standard InChI is InChI=1S/C22H28N2O3/c1-2-3-18-6-10-21(11-7-18)27-17-22(25)23-20-8-4-19(5-9-20)16-24-12-14-26-15-13-24/h4-11H,2-3,12-17H2,1H3,(H,23,25). The fourth-order valence-electron chi connectivity index (χ4n) is 3.10. The second-order valence-corrected chi connectivity index (χ2v) is 6.82. The van der Waals surface area contributed by atoms with E-state index >= 15 is 0 Å². The van der Waals surface area contributed by atoms with Crippen molar-refractivity contribution in [3.8, 4) is 5.75 Å². The number of aryl methyl sites for hydroxylation is 1. The van der Waals surface area contributed by atoms with E-state index in [1.807, 2.05) is 36.4 Å². The van der Waals surface area contributed by atoms with Crippen LogP contribution in [-0.2, 0) is 22.5 Å². The zero-order valence-corrected chi connectivity index (χ0v) is 15.9. The zero-order chi connectivity index (χ0) is 18.9. The highest BCUT2D eigenvalue weighted by Gasteiger charge is 2.10. The minimum Gasteiger partial charge on any atom is -0.484 e. The SMILES string of the molecule is CCCc1ccc(OCC(=O)Nc2ccc(CN3CCOCC3)cc2)cc1. The number of ether oxygens (including phenoxy) is 2. The Bertz CT molecular complexity index is 707. The van der Waals surface area contributed by atoms with E-state index in [1.165, 1.54) is 11.1 Å². The molecule has 5 heteroatoms. The quantitative estimate of drug-likeness (QED) is 0.775. The molecular weight excluding hydrogens is 340 g/mol. The topological polar surface area (TPSA) is 50.8 Å². The van der Waals surface area contributed by atoms with Crippen LogP contribution in [0.4, 0.5) is 5.69 Å². The van der Waals surface area contributed by atoms with Crippen LogP contribution < -0.4 is 10.1 Å². The van der Waals surface area contributed by atoms with Crippen molar-refractivity contribution in [3.05, 3.63) is 59.7 Å². The fourth-order valence-corrected chi connectivity index (χ4v) is 3.10. The number of amides is 1. The van der Waals surface area contributed by atoms with Gasteiger partial charge in [-0.15, -0.1) is 0 Å². The first-order valence-corrected chi connectivity index (χ1v) is 9.63. The molecule has 0 atom stereocenters. The molecule has 0 saturated carbocycles. The summed E-state index contributed by atoms with van der Waals surface area (Å²) in [6.45, 7) is 6.61. The Morgan fingerprint density at radius 3 is 2.37 bits per heavy atom. The van der Waals surface area contributed by atoms with Crippen LogP contribution in [0.1, 0.15) is 24.5 Å². The number of morpholine rings is 1. The van der Waals surface area contributed by atoms with Crippen LogP contribution in [0.2, 0.25) is 0 Å². The Hall–Kier alpha value is -2.37. The molecule has 1 fully saturated rings. The molecule has 1 amide bonds. The van der Waals surface area contributed by atoms with E-state index in [1.54, 1.807) is 0 Å². The summed E-state index contributed by atoms with van der Waals surface area (Å²) in [5.41, 5.74) is 3.30. The number of nitrogens with one attached hydrogen (secondary N) is 1. The number of anilines is 1. The van der Waals surface area contributed by atoms with Gasteiger partial charge in [-0.25, -0.2) is 0 Å². The molecule has 1 saturated heterocycles. The molecule has 0 bridgehead atoms. The van der Waals surface area contributed by atoms with Gasteiger partial charge < -0.3 is 14.8 Å². The van der Waals surface area contributed by atoms with Crippen LogP contribution in [0.3, 0.4) is 0 Å². The second-order valence-electron chi connectivity index (χ2n) is 6.82. The molecule has 5 nitrogen and oxygen atoms in total. The van der Waals surface area contributed by atoms with E-state index in [4.69, 9.17) is 9.47 Å². The number of carbonyl (C=O) groups is 1. The third kappa shape index (κ3) is 6.38. The molecule has 0 unspecified atom stereocenters. The molecule has 144 valence electrons. The molecule has 1 N–H and O–H groups in total. The van der Waals surface area contributed by atoms with Gasteiger partial charge in [-0.1, -0.05) is 37.6 Å². The zero-order valence-electron chi connectivity index (χ0n) is 15.9. The summed E-state index contributed by atoms with van der Waals surface area (Å²) in [4.78, 5) is 14.5. The van der Waals surface area contributed by atoms with Gasteiger partial charge >= 0.3 is 0 Å². The van der Waals surface area contributed by atoms with Crippen molar-refractivity contribution in [1.29, 1.82) is 0 Å². The highest BCUT2D eigenvalue weighted by molar-refractivity contribution is 5.91. The first-order valence-electron chi connectivity index (χ1n) is 9.63. The predicted molar refractivity (Wildman–Crippen MR) is 107 cm³/mol. The maximum atomic E-state index is 12.1. The summed E-state index contributed by atoms with van der Waals surface area (Å²) >= 11 is 0. The largest absolute Gasteiger partial charge is 0.484 e. The molecular formula is C22H28N2O3. The monoisotopic (exact) mass is 368 g/mol. The maximum Gasteiger partial charge on any atom is 0.262 e. The van der Waals surface area contributed by atoms with E-state index in [9.17, 15) is 4.79 Å². The lowest BCUT2D eigenvalue weighted by Gasteiger charge is -2.26. The van der Waals surface area contributed by atoms with Crippen LogP contribution in [0.25, 0.3) is 0 Å². The molecule has 2 aromatic rings. The van der Waals surface area contributed by atoms with Crippen molar-refractivity contribution in [1.82, 2.24) is 4.90 Å². The summed E-state index contributed by atoms with van der Waals surface area (Å²) in [5, 5.41) is 2.88. The Labute approximate surface area is 161 Å². The lowest BCUT2D eigenvalue weighted by molar-refractivity contribution is -0.118. The van der Waals surface area contributed by atoms with E-state index in [0.717, 1.165) is 51.4 Å². The van der Waals surface area contributed by atoms with Crippen molar-refractivity contribution in [2.75, 3.05) is 38.2 Å². The van der Waals surface area contributed by atoms with Crippen LogP contribution >= 0.6 is 0 Å². The molecule has 1 aliphatic heterocycles. The highest BCUT2D eigenvalue weighted by Crippen LogP contribution is 2.15. The number of benzene rings is 2. The molecule has 0 aliphatic carbocycles. The van der Waals surface area contributed by atoms with E-state index in [2.05, 4.69) is 29.3 Å². The maximum absolute atomic E-state index is 12.1. The smallest absolute Gasteiger partial charge is 0.262 e. The molecule has 1 aliphatic rings. The summed E-state index contributed by atoms with van der Waals surface area (Å²) < 4.78 is 10.9. The van der Waals surface area contributed by atoms with Crippen molar-refractivity contribution >= 4 is 11.6 Å². The normalized spacial score (nSPS) is 14.7. The summed E-state index contributed by atoms with van der Waals surface area (Å²) in [6.07, 6.45) is 2.18. The molecule has 0 aromatic heterocycles. The van der Waals surface area contributed by atoms with Crippen molar-refractivity contribution < 1.29 is 14.3 Å².